The van der Waals surface area contributed by atoms with Crippen LogP contribution in [0, 0.1) is 0 Å². The number of hydrogen-bond acceptors (Lipinski definition) is 6. The maximum Gasteiger partial charge on any atom is 0.217 e. The number of nitrogens with one attached hydrogen (secondary N) is 1. The summed E-state index contributed by atoms with van der Waals surface area (Å²) in [6, 6.07) is -0.866. The van der Waals surface area contributed by atoms with Crippen LogP contribution in [0.1, 0.15) is 104 Å². The monoisotopic (exact) mass is 471 g/mol. The van der Waals surface area contributed by atoms with E-state index >= 15 is 0 Å². The van der Waals surface area contributed by atoms with Crippen molar-refractivity contribution in [2.45, 2.75) is 134 Å². The summed E-state index contributed by atoms with van der Waals surface area (Å²) in [5.74, 6) is -0.344. The first-order chi connectivity index (χ1) is 16.0. The van der Waals surface area contributed by atoms with Crippen LogP contribution in [0.3, 0.4) is 0 Å². The summed E-state index contributed by atoms with van der Waals surface area (Å²) in [5, 5.41) is 32.2. The summed E-state index contributed by atoms with van der Waals surface area (Å²) >= 11 is 0. The zero-order chi connectivity index (χ0) is 24.3. The fourth-order valence-electron chi connectivity index (χ4n) is 4.16. The quantitative estimate of drug-likeness (QED) is 0.168. The average Bonchev–Trinajstić information content (AvgIpc) is 2.80. The number of unbranched alkanes of at least 4 members (excludes halogenated alkanes) is 12. The van der Waals surface area contributed by atoms with Gasteiger partial charge in [-0.15, -0.1) is 0 Å². The SMILES string of the molecule is CCCCCCCC/C=C/CCCCCCCCO[C@H]1O[C@H](CO)[C@@H](O)[C@H](O)[C@H]1NC(C)=O. The van der Waals surface area contributed by atoms with Crippen molar-refractivity contribution in [2.75, 3.05) is 13.2 Å². The normalized spacial score (nSPS) is 25.5. The predicted molar refractivity (Wildman–Crippen MR) is 131 cm³/mol. The number of ether oxygens (including phenoxy) is 2. The first-order valence-corrected chi connectivity index (χ1v) is 13.2. The van der Waals surface area contributed by atoms with Crippen LogP contribution < -0.4 is 5.32 Å². The minimum Gasteiger partial charge on any atom is -0.394 e. The first-order valence-electron chi connectivity index (χ1n) is 13.2. The lowest BCUT2D eigenvalue weighted by Crippen LogP contribution is -2.64. The highest BCUT2D eigenvalue weighted by atomic mass is 16.7. The van der Waals surface area contributed by atoms with Crippen LogP contribution in [0.15, 0.2) is 12.2 Å². The molecule has 7 nitrogen and oxygen atoms in total. The van der Waals surface area contributed by atoms with E-state index in [1.807, 2.05) is 0 Å². The Hall–Kier alpha value is -0.990. The van der Waals surface area contributed by atoms with Gasteiger partial charge in [-0.05, 0) is 32.1 Å². The maximum absolute atomic E-state index is 11.4. The highest BCUT2D eigenvalue weighted by molar-refractivity contribution is 5.73. The highest BCUT2D eigenvalue weighted by Gasteiger charge is 2.45. The Balaban J connectivity index is 2.05. The van der Waals surface area contributed by atoms with Crippen molar-refractivity contribution in [1.29, 1.82) is 0 Å². The molecule has 1 aliphatic heterocycles. The van der Waals surface area contributed by atoms with E-state index in [-0.39, 0.29) is 5.91 Å². The molecule has 1 fully saturated rings. The van der Waals surface area contributed by atoms with Gasteiger partial charge in [0.15, 0.2) is 6.29 Å². The van der Waals surface area contributed by atoms with E-state index in [1.165, 1.54) is 77.6 Å². The fourth-order valence-corrected chi connectivity index (χ4v) is 4.16. The minimum absolute atomic E-state index is 0.344. The molecule has 33 heavy (non-hydrogen) atoms. The Morgan fingerprint density at radius 1 is 0.879 bits per heavy atom. The van der Waals surface area contributed by atoms with Gasteiger partial charge in [0.25, 0.3) is 0 Å². The molecule has 0 aromatic rings. The zero-order valence-corrected chi connectivity index (χ0v) is 20.9. The van der Waals surface area contributed by atoms with E-state index in [0.717, 1.165) is 19.3 Å². The van der Waals surface area contributed by atoms with Gasteiger partial charge in [-0.2, -0.15) is 0 Å². The van der Waals surface area contributed by atoms with Crippen molar-refractivity contribution in [2.24, 2.45) is 0 Å². The maximum atomic E-state index is 11.4. The van der Waals surface area contributed by atoms with E-state index in [1.54, 1.807) is 0 Å². The van der Waals surface area contributed by atoms with Crippen LogP contribution in [-0.4, -0.2) is 65.1 Å². The van der Waals surface area contributed by atoms with Gasteiger partial charge in [-0.25, -0.2) is 0 Å². The molecular formula is C26H49NO6. The predicted octanol–water partition coefficient (Wildman–Crippen LogP) is 3.98. The molecule has 7 heteroatoms. The molecule has 1 heterocycles. The van der Waals surface area contributed by atoms with Crippen molar-refractivity contribution in [3.05, 3.63) is 12.2 Å². The lowest BCUT2D eigenvalue weighted by molar-refractivity contribution is -0.270. The van der Waals surface area contributed by atoms with Crippen LogP contribution in [0.25, 0.3) is 0 Å². The van der Waals surface area contributed by atoms with Gasteiger partial charge in [0.1, 0.15) is 24.4 Å². The number of carbonyl (C=O) groups excluding carboxylic acids is 1. The Labute approximate surface area is 200 Å². The summed E-state index contributed by atoms with van der Waals surface area (Å²) in [7, 11) is 0. The molecule has 5 atom stereocenters. The smallest absolute Gasteiger partial charge is 0.217 e. The number of aliphatic hydroxyl groups is 3. The number of hydrogen-bond donors (Lipinski definition) is 4. The molecule has 1 rings (SSSR count). The van der Waals surface area contributed by atoms with Crippen molar-refractivity contribution in [1.82, 2.24) is 5.32 Å². The fraction of sp³-hybridized carbons (Fsp3) is 0.885. The van der Waals surface area contributed by atoms with Gasteiger partial charge < -0.3 is 30.1 Å². The van der Waals surface area contributed by atoms with E-state index in [9.17, 15) is 20.1 Å². The summed E-state index contributed by atoms with van der Waals surface area (Å²) < 4.78 is 11.3. The van der Waals surface area contributed by atoms with Crippen molar-refractivity contribution < 1.29 is 29.6 Å². The van der Waals surface area contributed by atoms with Crippen molar-refractivity contribution in [3.63, 3.8) is 0 Å². The topological polar surface area (TPSA) is 108 Å². The number of aliphatic hydroxyl groups excluding tert-OH is 3. The molecule has 0 bridgehead atoms. The van der Waals surface area contributed by atoms with Crippen LogP contribution in [0.2, 0.25) is 0 Å². The van der Waals surface area contributed by atoms with E-state index < -0.39 is 37.3 Å². The molecule has 194 valence electrons. The Kier molecular flexibility index (Phi) is 17.6. The van der Waals surface area contributed by atoms with Gasteiger partial charge in [0.05, 0.1) is 6.61 Å². The van der Waals surface area contributed by atoms with E-state index in [2.05, 4.69) is 24.4 Å². The Morgan fingerprint density at radius 2 is 1.42 bits per heavy atom. The molecule has 0 spiro atoms. The Bertz CT molecular complexity index is 515. The van der Waals surface area contributed by atoms with Crippen LogP contribution in [-0.2, 0) is 14.3 Å². The third kappa shape index (κ3) is 13.5. The molecular weight excluding hydrogens is 422 g/mol. The van der Waals surface area contributed by atoms with E-state index in [4.69, 9.17) is 9.47 Å². The molecule has 0 aliphatic carbocycles. The summed E-state index contributed by atoms with van der Waals surface area (Å²) in [5.41, 5.74) is 0. The second-order valence-electron chi connectivity index (χ2n) is 9.24. The second-order valence-corrected chi connectivity index (χ2v) is 9.24. The molecule has 1 saturated heterocycles. The number of amides is 1. The van der Waals surface area contributed by atoms with Crippen LogP contribution in [0.5, 0.6) is 0 Å². The standard InChI is InChI=1S/C26H49NO6/c1-3-4-5-6-7-8-9-10-11-12-13-14-15-16-17-18-19-32-26-23(27-21(2)29)25(31)24(30)22(20-28)33-26/h10-11,22-26,28,30-31H,3-9,12-20H2,1-2H3,(H,27,29)/b11-10+/t22-,23-,24-,25-,26+/m1/s1. The molecule has 1 amide bonds. The van der Waals surface area contributed by atoms with E-state index in [0.29, 0.717) is 6.61 Å². The van der Waals surface area contributed by atoms with Gasteiger partial charge in [0.2, 0.25) is 5.91 Å². The Morgan fingerprint density at radius 3 is 1.97 bits per heavy atom. The first kappa shape index (κ1) is 30.0. The number of rotatable bonds is 19. The van der Waals surface area contributed by atoms with Gasteiger partial charge in [-0.1, -0.05) is 76.9 Å². The van der Waals surface area contributed by atoms with Gasteiger partial charge in [0, 0.05) is 13.5 Å². The molecule has 4 N–H and O–H groups in total. The molecule has 0 aromatic carbocycles. The summed E-state index contributed by atoms with van der Waals surface area (Å²) in [4.78, 5) is 11.4. The summed E-state index contributed by atoms with van der Waals surface area (Å²) in [6.07, 6.45) is 17.5. The molecule has 0 aromatic heterocycles. The second kappa shape index (κ2) is 19.3. The number of allylic oxidation sites excluding steroid dienone is 2. The largest absolute Gasteiger partial charge is 0.394 e. The lowest BCUT2D eigenvalue weighted by atomic mass is 9.97. The van der Waals surface area contributed by atoms with Crippen molar-refractivity contribution in [3.8, 4) is 0 Å². The molecule has 0 unspecified atom stereocenters. The van der Waals surface area contributed by atoms with Crippen LogP contribution >= 0.6 is 0 Å². The van der Waals surface area contributed by atoms with Crippen molar-refractivity contribution >= 4 is 5.91 Å². The van der Waals surface area contributed by atoms with Gasteiger partial charge in [-0.3, -0.25) is 4.79 Å². The van der Waals surface area contributed by atoms with Crippen LogP contribution in [0.4, 0.5) is 0 Å². The molecule has 1 aliphatic rings. The van der Waals surface area contributed by atoms with Gasteiger partial charge >= 0.3 is 0 Å². The third-order valence-corrected chi connectivity index (χ3v) is 6.19. The number of carbonyl (C=O) groups is 1. The molecule has 0 saturated carbocycles. The lowest BCUT2D eigenvalue weighted by Gasteiger charge is -2.42. The zero-order valence-electron chi connectivity index (χ0n) is 20.9. The highest BCUT2D eigenvalue weighted by Crippen LogP contribution is 2.22. The third-order valence-electron chi connectivity index (χ3n) is 6.19. The summed E-state index contributed by atoms with van der Waals surface area (Å²) in [6.45, 7) is 3.59. The average molecular weight is 472 g/mol. The molecule has 0 radical (unpaired) electrons. The minimum atomic E-state index is -1.28.